The Balaban J connectivity index is 2.32. The monoisotopic (exact) mass is 275 g/mol. The lowest BCUT2D eigenvalue weighted by atomic mass is 9.93. The van der Waals surface area contributed by atoms with Crippen molar-refractivity contribution in [2.75, 3.05) is 6.61 Å². The van der Waals surface area contributed by atoms with Crippen molar-refractivity contribution >= 4 is 15.9 Å². The number of aliphatic hydroxyl groups excluding tert-OH is 1. The van der Waals surface area contributed by atoms with Crippen LogP contribution in [0.1, 0.15) is 26.2 Å². The topological polar surface area (TPSA) is 64.1 Å². The molecule has 0 aliphatic heterocycles. The van der Waals surface area contributed by atoms with Gasteiger partial charge in [-0.2, -0.15) is 5.10 Å². The van der Waals surface area contributed by atoms with Gasteiger partial charge in [-0.15, -0.1) is 0 Å². The van der Waals surface area contributed by atoms with Crippen LogP contribution >= 0.6 is 15.9 Å². The summed E-state index contributed by atoms with van der Waals surface area (Å²) in [6, 6.07) is 0. The van der Waals surface area contributed by atoms with Gasteiger partial charge in [0.25, 0.3) is 0 Å². The molecule has 0 saturated carbocycles. The molecule has 1 atom stereocenters. The third kappa shape index (κ3) is 3.93. The second kappa shape index (κ2) is 5.63. The first kappa shape index (κ1) is 12.7. The molecular formula is C10H18BrN3O. The van der Waals surface area contributed by atoms with Crippen LogP contribution in [0.3, 0.4) is 0 Å². The predicted octanol–water partition coefficient (Wildman–Crippen LogP) is 1.53. The zero-order chi connectivity index (χ0) is 11.3. The molecule has 0 amide bonds. The van der Waals surface area contributed by atoms with Crippen LogP contribution in [-0.2, 0) is 6.54 Å². The molecule has 15 heavy (non-hydrogen) atoms. The summed E-state index contributed by atoms with van der Waals surface area (Å²) in [5, 5.41) is 13.3. The van der Waals surface area contributed by atoms with Gasteiger partial charge in [0.2, 0.25) is 0 Å². The van der Waals surface area contributed by atoms with Crippen molar-refractivity contribution in [3.05, 3.63) is 16.9 Å². The minimum atomic E-state index is -0.426. The van der Waals surface area contributed by atoms with E-state index in [2.05, 4.69) is 21.0 Å². The maximum absolute atomic E-state index is 9.13. The fraction of sp³-hybridized carbons (Fsp3) is 0.700. The van der Waals surface area contributed by atoms with Gasteiger partial charge in [0.15, 0.2) is 0 Å². The van der Waals surface area contributed by atoms with Crippen LogP contribution in [0, 0.1) is 0 Å². The fourth-order valence-electron chi connectivity index (χ4n) is 1.42. The maximum atomic E-state index is 9.13. The number of nitrogens with zero attached hydrogens (tertiary/aromatic N) is 2. The van der Waals surface area contributed by atoms with E-state index in [0.29, 0.717) is 0 Å². The Labute approximate surface area is 98.6 Å². The molecule has 3 N–H and O–H groups in total. The SMILES string of the molecule is CCC(N)(CO)CCCn1cc(Br)cn1. The molecule has 4 nitrogen and oxygen atoms in total. The maximum Gasteiger partial charge on any atom is 0.0632 e. The Bertz CT molecular complexity index is 297. The number of hydrogen-bond donors (Lipinski definition) is 2. The van der Waals surface area contributed by atoms with E-state index < -0.39 is 5.54 Å². The van der Waals surface area contributed by atoms with Crippen molar-refractivity contribution in [1.29, 1.82) is 0 Å². The third-order valence-corrected chi connectivity index (χ3v) is 3.09. The molecule has 0 aromatic carbocycles. The van der Waals surface area contributed by atoms with E-state index in [-0.39, 0.29) is 6.61 Å². The van der Waals surface area contributed by atoms with E-state index in [1.807, 2.05) is 17.8 Å². The molecule has 0 aliphatic rings. The zero-order valence-corrected chi connectivity index (χ0v) is 10.6. The van der Waals surface area contributed by atoms with Gasteiger partial charge in [-0.05, 0) is 35.2 Å². The first-order valence-electron chi connectivity index (χ1n) is 5.17. The van der Waals surface area contributed by atoms with Crippen molar-refractivity contribution in [2.45, 2.75) is 38.3 Å². The molecule has 0 fully saturated rings. The molecule has 1 rings (SSSR count). The second-order valence-corrected chi connectivity index (χ2v) is 4.81. The molecule has 5 heteroatoms. The summed E-state index contributed by atoms with van der Waals surface area (Å²) >= 11 is 3.34. The van der Waals surface area contributed by atoms with Crippen LogP contribution in [-0.4, -0.2) is 27.0 Å². The Kier molecular flexibility index (Phi) is 4.76. The van der Waals surface area contributed by atoms with E-state index in [9.17, 15) is 0 Å². The lowest BCUT2D eigenvalue weighted by Gasteiger charge is -2.25. The number of halogens is 1. The average Bonchev–Trinajstić information content (AvgIpc) is 2.64. The molecule has 0 radical (unpaired) electrons. The molecular weight excluding hydrogens is 258 g/mol. The summed E-state index contributed by atoms with van der Waals surface area (Å²) in [5.41, 5.74) is 5.55. The van der Waals surface area contributed by atoms with Crippen molar-refractivity contribution in [3.63, 3.8) is 0 Å². The standard InChI is InChI=1S/C10H18BrN3O/c1-2-10(12,8-15)4-3-5-14-7-9(11)6-13-14/h6-7,15H,2-5,8,12H2,1H3. The van der Waals surface area contributed by atoms with Crippen molar-refractivity contribution in [2.24, 2.45) is 5.73 Å². The Morgan fingerprint density at radius 3 is 2.87 bits per heavy atom. The first-order valence-corrected chi connectivity index (χ1v) is 5.96. The molecule has 1 aromatic heterocycles. The van der Waals surface area contributed by atoms with Crippen LogP contribution in [0.2, 0.25) is 0 Å². The Hall–Kier alpha value is -0.390. The molecule has 0 bridgehead atoms. The highest BCUT2D eigenvalue weighted by atomic mass is 79.9. The van der Waals surface area contributed by atoms with Crippen LogP contribution in [0.5, 0.6) is 0 Å². The van der Waals surface area contributed by atoms with Crippen LogP contribution < -0.4 is 5.73 Å². The van der Waals surface area contributed by atoms with Crippen LogP contribution in [0.4, 0.5) is 0 Å². The number of aryl methyl sites for hydroxylation is 1. The lowest BCUT2D eigenvalue weighted by Crippen LogP contribution is -2.43. The first-order chi connectivity index (χ1) is 7.09. The van der Waals surface area contributed by atoms with Crippen molar-refractivity contribution < 1.29 is 5.11 Å². The number of hydrogen-bond acceptors (Lipinski definition) is 3. The van der Waals surface area contributed by atoms with E-state index >= 15 is 0 Å². The molecule has 0 aliphatic carbocycles. The summed E-state index contributed by atoms with van der Waals surface area (Å²) in [4.78, 5) is 0. The molecule has 1 unspecified atom stereocenters. The number of rotatable bonds is 6. The van der Waals surface area contributed by atoms with E-state index in [0.717, 1.165) is 30.3 Å². The Morgan fingerprint density at radius 2 is 2.40 bits per heavy atom. The van der Waals surface area contributed by atoms with Gasteiger partial charge < -0.3 is 10.8 Å². The summed E-state index contributed by atoms with van der Waals surface area (Å²) in [6.07, 6.45) is 6.24. The highest BCUT2D eigenvalue weighted by molar-refractivity contribution is 9.10. The zero-order valence-electron chi connectivity index (χ0n) is 8.99. The van der Waals surface area contributed by atoms with Gasteiger partial charge in [-0.1, -0.05) is 6.92 Å². The largest absolute Gasteiger partial charge is 0.394 e. The fourth-order valence-corrected chi connectivity index (χ4v) is 1.75. The molecule has 1 aromatic rings. The number of aromatic nitrogens is 2. The van der Waals surface area contributed by atoms with Crippen LogP contribution in [0.15, 0.2) is 16.9 Å². The molecule has 86 valence electrons. The minimum Gasteiger partial charge on any atom is -0.394 e. The van der Waals surface area contributed by atoms with Crippen LogP contribution in [0.25, 0.3) is 0 Å². The van der Waals surface area contributed by atoms with E-state index in [1.54, 1.807) is 6.20 Å². The Morgan fingerprint density at radius 1 is 1.67 bits per heavy atom. The molecule has 0 spiro atoms. The van der Waals surface area contributed by atoms with E-state index in [1.165, 1.54) is 0 Å². The van der Waals surface area contributed by atoms with Gasteiger partial charge in [0, 0.05) is 18.3 Å². The quantitative estimate of drug-likeness (QED) is 0.828. The van der Waals surface area contributed by atoms with Gasteiger partial charge in [0.1, 0.15) is 0 Å². The van der Waals surface area contributed by atoms with Gasteiger partial charge in [-0.25, -0.2) is 0 Å². The summed E-state index contributed by atoms with van der Waals surface area (Å²) in [7, 11) is 0. The highest BCUT2D eigenvalue weighted by Crippen LogP contribution is 2.14. The summed E-state index contributed by atoms with van der Waals surface area (Å²) in [5.74, 6) is 0. The smallest absolute Gasteiger partial charge is 0.0632 e. The normalized spacial score (nSPS) is 15.2. The average molecular weight is 276 g/mol. The van der Waals surface area contributed by atoms with Gasteiger partial charge in [0.05, 0.1) is 17.3 Å². The van der Waals surface area contributed by atoms with Crippen molar-refractivity contribution in [1.82, 2.24) is 9.78 Å². The predicted molar refractivity (Wildman–Crippen MR) is 63.5 cm³/mol. The molecule has 0 saturated heterocycles. The lowest BCUT2D eigenvalue weighted by molar-refractivity contribution is 0.178. The van der Waals surface area contributed by atoms with Crippen molar-refractivity contribution in [3.8, 4) is 0 Å². The minimum absolute atomic E-state index is 0.0479. The third-order valence-electron chi connectivity index (χ3n) is 2.68. The van der Waals surface area contributed by atoms with Gasteiger partial charge in [-0.3, -0.25) is 4.68 Å². The molecule has 1 heterocycles. The second-order valence-electron chi connectivity index (χ2n) is 3.90. The highest BCUT2D eigenvalue weighted by Gasteiger charge is 2.20. The van der Waals surface area contributed by atoms with E-state index in [4.69, 9.17) is 10.8 Å². The number of nitrogens with two attached hydrogens (primary N) is 1. The van der Waals surface area contributed by atoms with Gasteiger partial charge >= 0.3 is 0 Å². The summed E-state index contributed by atoms with van der Waals surface area (Å²) < 4.78 is 2.86. The number of aliphatic hydroxyl groups is 1. The summed E-state index contributed by atoms with van der Waals surface area (Å²) in [6.45, 7) is 2.89.